The number of carbonyl (C=O) groups excluding carboxylic acids is 1. The summed E-state index contributed by atoms with van der Waals surface area (Å²) < 4.78 is 2.43. The van der Waals surface area contributed by atoms with E-state index in [4.69, 9.17) is 5.73 Å². The molecule has 1 aromatic carbocycles. The van der Waals surface area contributed by atoms with Crippen LogP contribution in [0.3, 0.4) is 0 Å². The van der Waals surface area contributed by atoms with Crippen molar-refractivity contribution in [3.8, 4) is 0 Å². The minimum Gasteiger partial charge on any atom is -0.324 e. The third-order valence-corrected chi connectivity index (χ3v) is 2.99. The van der Waals surface area contributed by atoms with Crippen LogP contribution in [-0.4, -0.2) is 20.9 Å². The van der Waals surface area contributed by atoms with Gasteiger partial charge in [-0.15, -0.1) is 5.10 Å². The van der Waals surface area contributed by atoms with E-state index in [1.165, 1.54) is 4.68 Å². The van der Waals surface area contributed by atoms with Crippen LogP contribution in [0.2, 0.25) is 0 Å². The van der Waals surface area contributed by atoms with E-state index in [-0.39, 0.29) is 18.5 Å². The van der Waals surface area contributed by atoms with Gasteiger partial charge in [0.2, 0.25) is 5.91 Å². The number of nitrogens with one attached hydrogen (secondary N) is 1. The zero-order valence-corrected chi connectivity index (χ0v) is 12.0. The standard InChI is InChI=1S/C12H14BrN5O/c1-8(14)11-6-18(17-16-11)7-12(19)15-10-4-2-9(13)3-5-10/h2-6,8H,7,14H2,1H3,(H,15,19). The lowest BCUT2D eigenvalue weighted by Crippen LogP contribution is -2.19. The minimum atomic E-state index is -0.191. The fourth-order valence-corrected chi connectivity index (χ4v) is 1.74. The normalized spacial score (nSPS) is 12.2. The maximum absolute atomic E-state index is 11.8. The van der Waals surface area contributed by atoms with E-state index in [1.54, 1.807) is 6.20 Å². The Morgan fingerprint density at radius 2 is 2.16 bits per heavy atom. The van der Waals surface area contributed by atoms with Gasteiger partial charge in [-0.1, -0.05) is 21.1 Å². The van der Waals surface area contributed by atoms with Crippen molar-refractivity contribution >= 4 is 27.5 Å². The molecule has 3 N–H and O–H groups in total. The van der Waals surface area contributed by atoms with Crippen LogP contribution in [0.15, 0.2) is 34.9 Å². The zero-order chi connectivity index (χ0) is 13.8. The second-order valence-electron chi connectivity index (χ2n) is 4.18. The Morgan fingerprint density at radius 1 is 1.47 bits per heavy atom. The van der Waals surface area contributed by atoms with E-state index >= 15 is 0 Å². The first-order valence-electron chi connectivity index (χ1n) is 5.75. The summed E-state index contributed by atoms with van der Waals surface area (Å²) in [6.45, 7) is 1.92. The lowest BCUT2D eigenvalue weighted by atomic mass is 10.3. The molecule has 1 heterocycles. The number of aromatic nitrogens is 3. The Balaban J connectivity index is 1.95. The third kappa shape index (κ3) is 3.87. The van der Waals surface area contributed by atoms with Crippen LogP contribution in [0.5, 0.6) is 0 Å². The molecular formula is C12H14BrN5O. The molecule has 0 spiro atoms. The van der Waals surface area contributed by atoms with Crippen LogP contribution in [0.1, 0.15) is 18.7 Å². The molecule has 1 amide bonds. The second kappa shape index (κ2) is 5.94. The summed E-state index contributed by atoms with van der Waals surface area (Å²) in [6, 6.07) is 7.16. The number of rotatable bonds is 4. The van der Waals surface area contributed by atoms with Gasteiger partial charge in [0.05, 0.1) is 11.9 Å². The monoisotopic (exact) mass is 323 g/mol. The molecular weight excluding hydrogens is 310 g/mol. The Morgan fingerprint density at radius 3 is 2.74 bits per heavy atom. The Bertz CT molecular complexity index is 564. The smallest absolute Gasteiger partial charge is 0.246 e. The van der Waals surface area contributed by atoms with Crippen molar-refractivity contribution in [2.75, 3.05) is 5.32 Å². The molecule has 1 unspecified atom stereocenters. The molecule has 7 heteroatoms. The number of hydrogen-bond donors (Lipinski definition) is 2. The van der Waals surface area contributed by atoms with E-state index in [2.05, 4.69) is 31.6 Å². The maximum atomic E-state index is 11.8. The molecule has 2 aromatic rings. The fraction of sp³-hybridized carbons (Fsp3) is 0.250. The number of nitrogens with two attached hydrogens (primary N) is 1. The van der Waals surface area contributed by atoms with E-state index in [1.807, 2.05) is 31.2 Å². The number of amides is 1. The van der Waals surface area contributed by atoms with Gasteiger partial charge in [-0.25, -0.2) is 4.68 Å². The van der Waals surface area contributed by atoms with Crippen LogP contribution in [0.25, 0.3) is 0 Å². The van der Waals surface area contributed by atoms with Gasteiger partial charge in [0.15, 0.2) is 0 Å². The van der Waals surface area contributed by atoms with Gasteiger partial charge in [-0.3, -0.25) is 4.79 Å². The predicted molar refractivity (Wildman–Crippen MR) is 75.4 cm³/mol. The number of anilines is 1. The van der Waals surface area contributed by atoms with Crippen molar-refractivity contribution in [1.29, 1.82) is 0 Å². The second-order valence-corrected chi connectivity index (χ2v) is 5.10. The molecule has 2 rings (SSSR count). The van der Waals surface area contributed by atoms with E-state index in [9.17, 15) is 4.79 Å². The average molecular weight is 324 g/mol. The molecule has 0 radical (unpaired) electrons. The van der Waals surface area contributed by atoms with Crippen molar-refractivity contribution in [3.63, 3.8) is 0 Å². The number of halogens is 1. The first kappa shape index (κ1) is 13.7. The molecule has 19 heavy (non-hydrogen) atoms. The molecule has 0 saturated carbocycles. The predicted octanol–water partition coefficient (Wildman–Crippen LogP) is 1.70. The van der Waals surface area contributed by atoms with Gasteiger partial charge < -0.3 is 11.1 Å². The highest BCUT2D eigenvalue weighted by Crippen LogP contribution is 2.14. The largest absolute Gasteiger partial charge is 0.324 e. The summed E-state index contributed by atoms with van der Waals surface area (Å²) in [6.07, 6.45) is 1.67. The van der Waals surface area contributed by atoms with Gasteiger partial charge in [-0.2, -0.15) is 0 Å². The van der Waals surface area contributed by atoms with Crippen LogP contribution in [-0.2, 0) is 11.3 Å². The van der Waals surface area contributed by atoms with Gasteiger partial charge in [0.25, 0.3) is 0 Å². The van der Waals surface area contributed by atoms with Gasteiger partial charge >= 0.3 is 0 Å². The Hall–Kier alpha value is -1.73. The highest BCUT2D eigenvalue weighted by molar-refractivity contribution is 9.10. The maximum Gasteiger partial charge on any atom is 0.246 e. The average Bonchev–Trinajstić information content (AvgIpc) is 2.80. The van der Waals surface area contributed by atoms with Crippen molar-refractivity contribution in [2.45, 2.75) is 19.5 Å². The highest BCUT2D eigenvalue weighted by Gasteiger charge is 2.08. The molecule has 0 saturated heterocycles. The lowest BCUT2D eigenvalue weighted by Gasteiger charge is -2.04. The number of carbonyl (C=O) groups is 1. The summed E-state index contributed by atoms with van der Waals surface area (Å²) >= 11 is 3.33. The Labute approximate surface area is 119 Å². The number of benzene rings is 1. The lowest BCUT2D eigenvalue weighted by molar-refractivity contribution is -0.116. The summed E-state index contributed by atoms with van der Waals surface area (Å²) in [4.78, 5) is 11.8. The summed E-state index contributed by atoms with van der Waals surface area (Å²) in [5, 5.41) is 10.5. The van der Waals surface area contributed by atoms with Gasteiger partial charge in [0, 0.05) is 16.2 Å². The molecule has 0 bridgehead atoms. The van der Waals surface area contributed by atoms with Crippen LogP contribution >= 0.6 is 15.9 Å². The molecule has 1 atom stereocenters. The quantitative estimate of drug-likeness (QED) is 0.896. The SMILES string of the molecule is CC(N)c1cn(CC(=O)Nc2ccc(Br)cc2)nn1. The van der Waals surface area contributed by atoms with Crippen molar-refractivity contribution in [3.05, 3.63) is 40.6 Å². The third-order valence-electron chi connectivity index (χ3n) is 2.46. The van der Waals surface area contributed by atoms with Gasteiger partial charge in [-0.05, 0) is 31.2 Å². The van der Waals surface area contributed by atoms with Crippen molar-refractivity contribution in [1.82, 2.24) is 15.0 Å². The molecule has 100 valence electrons. The first-order chi connectivity index (χ1) is 9.04. The molecule has 0 aliphatic carbocycles. The molecule has 6 nitrogen and oxygen atoms in total. The minimum absolute atomic E-state index is 0.107. The first-order valence-corrected chi connectivity index (χ1v) is 6.55. The molecule has 1 aromatic heterocycles. The Kier molecular flexibility index (Phi) is 4.28. The van der Waals surface area contributed by atoms with Crippen LogP contribution < -0.4 is 11.1 Å². The molecule has 0 aliphatic heterocycles. The topological polar surface area (TPSA) is 85.8 Å². The van der Waals surface area contributed by atoms with Crippen LogP contribution in [0.4, 0.5) is 5.69 Å². The van der Waals surface area contributed by atoms with Gasteiger partial charge in [0.1, 0.15) is 6.54 Å². The summed E-state index contributed by atoms with van der Waals surface area (Å²) in [7, 11) is 0. The fourth-order valence-electron chi connectivity index (χ4n) is 1.48. The van der Waals surface area contributed by atoms with Crippen molar-refractivity contribution in [2.24, 2.45) is 5.73 Å². The summed E-state index contributed by atoms with van der Waals surface area (Å²) in [5.74, 6) is -0.163. The summed E-state index contributed by atoms with van der Waals surface area (Å²) in [5.41, 5.74) is 7.07. The number of nitrogens with zero attached hydrogens (tertiary/aromatic N) is 3. The zero-order valence-electron chi connectivity index (χ0n) is 10.4. The number of hydrogen-bond acceptors (Lipinski definition) is 4. The van der Waals surface area contributed by atoms with Crippen LogP contribution in [0, 0.1) is 0 Å². The molecule has 0 fully saturated rings. The van der Waals surface area contributed by atoms with E-state index in [0.29, 0.717) is 5.69 Å². The van der Waals surface area contributed by atoms with Crippen molar-refractivity contribution < 1.29 is 4.79 Å². The highest BCUT2D eigenvalue weighted by atomic mass is 79.9. The van der Waals surface area contributed by atoms with E-state index in [0.717, 1.165) is 10.2 Å². The van der Waals surface area contributed by atoms with E-state index < -0.39 is 0 Å². The molecule has 0 aliphatic rings.